The summed E-state index contributed by atoms with van der Waals surface area (Å²) >= 11 is 4.73. The monoisotopic (exact) mass is 408 g/mol. The molecule has 0 saturated heterocycles. The van der Waals surface area contributed by atoms with Crippen LogP contribution in [0.3, 0.4) is 0 Å². The number of methoxy groups -OCH3 is 1. The Bertz CT molecular complexity index is 690. The molecule has 2 amide bonds. The minimum absolute atomic E-state index is 0.0575. The van der Waals surface area contributed by atoms with Crippen molar-refractivity contribution in [3.8, 4) is 5.75 Å². The van der Waals surface area contributed by atoms with Crippen LogP contribution in [0, 0.1) is 0 Å². The first-order valence-corrected chi connectivity index (χ1v) is 8.93. The van der Waals surface area contributed by atoms with Crippen molar-refractivity contribution >= 4 is 45.2 Å². The average molecular weight is 409 g/mol. The van der Waals surface area contributed by atoms with Crippen LogP contribution in [0.15, 0.2) is 57.9 Å². The van der Waals surface area contributed by atoms with E-state index in [2.05, 4.69) is 26.6 Å². The van der Waals surface area contributed by atoms with Crippen LogP contribution in [0.25, 0.3) is 0 Å². The maximum Gasteiger partial charge on any atom is 0.243 e. The van der Waals surface area contributed by atoms with E-state index in [1.807, 2.05) is 36.4 Å². The summed E-state index contributed by atoms with van der Waals surface area (Å²) < 4.78 is 6.01. The molecule has 7 heteroatoms. The summed E-state index contributed by atoms with van der Waals surface area (Å²) in [7, 11) is 1.61. The molecule has 5 nitrogen and oxygen atoms in total. The maximum absolute atomic E-state index is 11.8. The van der Waals surface area contributed by atoms with E-state index in [9.17, 15) is 9.59 Å². The molecular weight excluding hydrogens is 392 g/mol. The van der Waals surface area contributed by atoms with Crippen molar-refractivity contribution in [1.82, 2.24) is 5.32 Å². The normalized spacial score (nSPS) is 10.1. The van der Waals surface area contributed by atoms with Gasteiger partial charge in [0.05, 0.1) is 19.4 Å². The van der Waals surface area contributed by atoms with Gasteiger partial charge in [0.15, 0.2) is 0 Å². The molecule has 2 aromatic carbocycles. The molecule has 0 heterocycles. The van der Waals surface area contributed by atoms with Crippen LogP contribution in [0.5, 0.6) is 5.75 Å². The number of carbonyl (C=O) groups is 2. The summed E-state index contributed by atoms with van der Waals surface area (Å²) in [4.78, 5) is 24.5. The molecule has 0 unspecified atom stereocenters. The van der Waals surface area contributed by atoms with Gasteiger partial charge in [0, 0.05) is 15.1 Å². The molecule has 0 aromatic heterocycles. The molecule has 0 saturated carbocycles. The number of halogens is 1. The van der Waals surface area contributed by atoms with Crippen molar-refractivity contribution in [2.75, 3.05) is 24.7 Å². The summed E-state index contributed by atoms with van der Waals surface area (Å²) in [5.41, 5.74) is 0.685. The van der Waals surface area contributed by atoms with E-state index in [0.717, 1.165) is 15.1 Å². The van der Waals surface area contributed by atoms with Gasteiger partial charge >= 0.3 is 0 Å². The van der Waals surface area contributed by atoms with Gasteiger partial charge in [-0.05, 0) is 48.5 Å². The van der Waals surface area contributed by atoms with E-state index in [-0.39, 0.29) is 24.1 Å². The van der Waals surface area contributed by atoms with Crippen molar-refractivity contribution in [3.05, 3.63) is 53.0 Å². The van der Waals surface area contributed by atoms with Gasteiger partial charge in [0.2, 0.25) is 11.8 Å². The third-order valence-corrected chi connectivity index (χ3v) is 4.54. The van der Waals surface area contributed by atoms with Gasteiger partial charge in [0.25, 0.3) is 0 Å². The molecule has 0 bridgehead atoms. The summed E-state index contributed by atoms with van der Waals surface area (Å²) in [5.74, 6) is 0.563. The number of anilines is 1. The predicted molar refractivity (Wildman–Crippen MR) is 99.5 cm³/mol. The van der Waals surface area contributed by atoms with E-state index in [1.54, 1.807) is 19.2 Å². The van der Waals surface area contributed by atoms with Crippen LogP contribution in [-0.2, 0) is 9.59 Å². The Labute approximate surface area is 153 Å². The smallest absolute Gasteiger partial charge is 0.243 e. The van der Waals surface area contributed by atoms with Crippen molar-refractivity contribution < 1.29 is 14.3 Å². The molecular formula is C17H17BrN2O3S. The molecule has 2 rings (SSSR count). The van der Waals surface area contributed by atoms with Crippen LogP contribution in [0.1, 0.15) is 0 Å². The molecule has 0 atom stereocenters. The lowest BCUT2D eigenvalue weighted by molar-refractivity contribution is -0.122. The first-order chi connectivity index (χ1) is 11.6. The van der Waals surface area contributed by atoms with Crippen LogP contribution >= 0.6 is 27.7 Å². The minimum Gasteiger partial charge on any atom is -0.497 e. The lowest BCUT2D eigenvalue weighted by atomic mass is 10.3. The molecule has 0 aliphatic rings. The van der Waals surface area contributed by atoms with Gasteiger partial charge in [-0.1, -0.05) is 15.9 Å². The first-order valence-electron chi connectivity index (χ1n) is 7.16. The number of hydrogen-bond acceptors (Lipinski definition) is 4. The quantitative estimate of drug-likeness (QED) is 0.689. The molecule has 0 aliphatic heterocycles. The van der Waals surface area contributed by atoms with Crippen molar-refractivity contribution in [2.24, 2.45) is 0 Å². The zero-order valence-corrected chi connectivity index (χ0v) is 15.4. The minimum atomic E-state index is -0.264. The van der Waals surface area contributed by atoms with Crippen LogP contribution < -0.4 is 15.4 Å². The predicted octanol–water partition coefficient (Wildman–Crippen LogP) is 3.30. The van der Waals surface area contributed by atoms with E-state index in [0.29, 0.717) is 5.69 Å². The van der Waals surface area contributed by atoms with Crippen molar-refractivity contribution in [2.45, 2.75) is 4.90 Å². The third kappa shape index (κ3) is 6.25. The van der Waals surface area contributed by atoms with Crippen molar-refractivity contribution in [1.29, 1.82) is 0 Å². The Kier molecular flexibility index (Phi) is 7.14. The number of rotatable bonds is 7. The highest BCUT2D eigenvalue weighted by atomic mass is 79.9. The highest BCUT2D eigenvalue weighted by molar-refractivity contribution is 9.10. The van der Waals surface area contributed by atoms with Gasteiger partial charge in [-0.15, -0.1) is 11.8 Å². The topological polar surface area (TPSA) is 67.4 Å². The van der Waals surface area contributed by atoms with Gasteiger partial charge in [0.1, 0.15) is 5.75 Å². The summed E-state index contributed by atoms with van der Waals surface area (Å²) in [6, 6.07) is 14.7. The summed E-state index contributed by atoms with van der Waals surface area (Å²) in [6.45, 7) is -0.0575. The van der Waals surface area contributed by atoms with Gasteiger partial charge in [-0.3, -0.25) is 9.59 Å². The fraction of sp³-hybridized carbons (Fsp3) is 0.176. The Morgan fingerprint density at radius 3 is 2.33 bits per heavy atom. The zero-order chi connectivity index (χ0) is 17.4. The van der Waals surface area contributed by atoms with Crippen LogP contribution in [0.2, 0.25) is 0 Å². The molecule has 0 fully saturated rings. The number of carbonyl (C=O) groups excluding carboxylic acids is 2. The van der Waals surface area contributed by atoms with Gasteiger partial charge < -0.3 is 15.4 Å². The Balaban J connectivity index is 1.70. The maximum atomic E-state index is 11.8. The first kappa shape index (κ1) is 18.4. The second-order valence-corrected chi connectivity index (χ2v) is 6.76. The fourth-order valence-electron chi connectivity index (χ4n) is 1.79. The molecule has 126 valence electrons. The van der Waals surface area contributed by atoms with Gasteiger partial charge in [-0.2, -0.15) is 0 Å². The van der Waals surface area contributed by atoms with Gasteiger partial charge in [-0.25, -0.2) is 0 Å². The van der Waals surface area contributed by atoms with E-state index >= 15 is 0 Å². The number of ether oxygens (including phenoxy) is 1. The standard InChI is InChI=1S/C17H17BrN2O3S/c1-23-14-6-8-15(9-7-14)24-11-17(22)19-10-16(21)20-13-4-2-12(18)3-5-13/h2-9H,10-11H2,1H3,(H,19,22)(H,20,21). The molecule has 2 aromatic rings. The second kappa shape index (κ2) is 9.34. The van der Waals surface area contributed by atoms with E-state index in [1.165, 1.54) is 11.8 Å². The average Bonchev–Trinajstić information content (AvgIpc) is 2.60. The number of thioether (sulfide) groups is 1. The highest BCUT2D eigenvalue weighted by Crippen LogP contribution is 2.20. The Morgan fingerprint density at radius 2 is 1.71 bits per heavy atom. The molecule has 0 spiro atoms. The largest absolute Gasteiger partial charge is 0.497 e. The molecule has 0 aliphatic carbocycles. The highest BCUT2D eigenvalue weighted by Gasteiger charge is 2.07. The van der Waals surface area contributed by atoms with E-state index < -0.39 is 0 Å². The van der Waals surface area contributed by atoms with Crippen LogP contribution in [0.4, 0.5) is 5.69 Å². The summed E-state index contributed by atoms with van der Waals surface area (Å²) in [6.07, 6.45) is 0. The molecule has 24 heavy (non-hydrogen) atoms. The fourth-order valence-corrected chi connectivity index (χ4v) is 2.78. The number of nitrogens with one attached hydrogen (secondary N) is 2. The number of hydrogen-bond donors (Lipinski definition) is 2. The SMILES string of the molecule is COc1ccc(SCC(=O)NCC(=O)Nc2ccc(Br)cc2)cc1. The van der Waals surface area contributed by atoms with E-state index in [4.69, 9.17) is 4.74 Å². The summed E-state index contributed by atoms with van der Waals surface area (Å²) in [5, 5.41) is 5.32. The van der Waals surface area contributed by atoms with Crippen LogP contribution in [-0.4, -0.2) is 31.2 Å². The Hall–Kier alpha value is -1.99. The van der Waals surface area contributed by atoms with Crippen molar-refractivity contribution in [3.63, 3.8) is 0 Å². The number of amides is 2. The lowest BCUT2D eigenvalue weighted by Crippen LogP contribution is -2.33. The molecule has 2 N–H and O–H groups in total. The zero-order valence-electron chi connectivity index (χ0n) is 13.0. The lowest BCUT2D eigenvalue weighted by Gasteiger charge is -2.07. The Morgan fingerprint density at radius 1 is 1.04 bits per heavy atom. The number of benzene rings is 2. The molecule has 0 radical (unpaired) electrons. The second-order valence-electron chi connectivity index (χ2n) is 4.80. The third-order valence-electron chi connectivity index (χ3n) is 3.00.